The number of carbonyl (C=O) groups is 3. The molecule has 0 aliphatic carbocycles. The molecule has 107 valence electrons. The molecule has 0 saturated heterocycles. The molecule has 0 fully saturated rings. The van der Waals surface area contributed by atoms with Gasteiger partial charge in [-0.3, -0.25) is 9.11 Å². The van der Waals surface area contributed by atoms with Gasteiger partial charge in [0, 0.05) is 0 Å². The zero-order chi connectivity index (χ0) is 14.9. The van der Waals surface area contributed by atoms with Crippen molar-refractivity contribution < 1.29 is 58.4 Å². The van der Waals surface area contributed by atoms with E-state index in [0.717, 1.165) is 20.8 Å². The predicted molar refractivity (Wildman–Crippen MR) is 49.5 cm³/mol. The molecule has 0 aromatic heterocycles. The van der Waals surface area contributed by atoms with E-state index in [1.54, 1.807) is 0 Å². The van der Waals surface area contributed by atoms with Gasteiger partial charge in [0.2, 0.25) is 0 Å². The average Bonchev–Trinajstić information content (AvgIpc) is 1.94. The molecule has 0 aliphatic rings. The molecule has 2 N–H and O–H groups in total. The first-order valence-corrected chi connectivity index (χ1v) is 6.88. The van der Waals surface area contributed by atoms with Gasteiger partial charge in [0.1, 0.15) is 0 Å². The molecular weight excluding hydrogens is 316 g/mol. The summed E-state index contributed by atoms with van der Waals surface area (Å²) in [5.41, 5.74) is 0. The molecule has 10 nitrogen and oxygen atoms in total. The van der Waals surface area contributed by atoms with E-state index in [1.165, 1.54) is 0 Å². The van der Waals surface area contributed by atoms with Crippen LogP contribution in [0, 0.1) is 0 Å². The fraction of sp³-hybridized carbons (Fsp3) is 0.500. The summed E-state index contributed by atoms with van der Waals surface area (Å²) in [4.78, 5) is 31.3. The summed E-state index contributed by atoms with van der Waals surface area (Å²) in [5, 5.41) is 0. The van der Waals surface area contributed by atoms with Gasteiger partial charge in [-0.25, -0.2) is 0 Å². The van der Waals surface area contributed by atoms with E-state index in [0.29, 0.717) is 0 Å². The molecule has 0 bridgehead atoms. The maximum atomic E-state index is 10.4. The topological polar surface area (TPSA) is 153 Å². The molecule has 0 saturated carbocycles. The number of hydrogen-bond acceptors (Lipinski definition) is 8. The maximum absolute atomic E-state index is 10.4. The Labute approximate surface area is 108 Å². The molecule has 18 heavy (non-hydrogen) atoms. The molecule has 12 heteroatoms. The zero-order valence-electron chi connectivity index (χ0n) is 9.48. The minimum atomic E-state index is -4.67. The Kier molecular flexibility index (Phi) is 9.41. The Bertz CT molecular complexity index is 355. The Morgan fingerprint density at radius 3 is 1.11 bits per heavy atom. The van der Waals surface area contributed by atoms with Crippen molar-refractivity contribution in [3.05, 3.63) is 0 Å². The van der Waals surface area contributed by atoms with Crippen molar-refractivity contribution >= 4 is 28.3 Å². The van der Waals surface area contributed by atoms with Crippen LogP contribution in [0.4, 0.5) is 0 Å². The van der Waals surface area contributed by atoms with E-state index in [4.69, 9.17) is 17.5 Å². The van der Waals surface area contributed by atoms with Gasteiger partial charge >= 0.3 is 90.0 Å². The Hall–Kier alpha value is -1.19. The molecule has 0 radical (unpaired) electrons. The molecular formula is C6H11CrO10S. The van der Waals surface area contributed by atoms with Crippen LogP contribution in [0.15, 0.2) is 0 Å². The second-order valence-electron chi connectivity index (χ2n) is 2.38. The van der Waals surface area contributed by atoms with Crippen LogP contribution in [-0.4, -0.2) is 35.4 Å². The number of rotatable bonds is 3. The van der Waals surface area contributed by atoms with Crippen molar-refractivity contribution in [1.82, 2.24) is 0 Å². The zero-order valence-corrected chi connectivity index (χ0v) is 11.6. The average molecular weight is 327 g/mol. The minimum absolute atomic E-state index is 0.660. The van der Waals surface area contributed by atoms with Crippen LogP contribution in [0.1, 0.15) is 20.8 Å². The third-order valence-corrected chi connectivity index (χ3v) is 2.29. The van der Waals surface area contributed by atoms with E-state index in [2.05, 4.69) is 11.4 Å². The van der Waals surface area contributed by atoms with E-state index in [9.17, 15) is 14.4 Å². The first-order valence-electron chi connectivity index (χ1n) is 3.92. The van der Waals surface area contributed by atoms with Crippen LogP contribution in [0.2, 0.25) is 0 Å². The van der Waals surface area contributed by atoms with Crippen LogP contribution in [0.5, 0.6) is 0 Å². The first kappa shape index (κ1) is 19.2. The normalized spacial score (nSPS) is 9.89. The molecule has 0 aromatic rings. The van der Waals surface area contributed by atoms with Crippen molar-refractivity contribution in [2.24, 2.45) is 0 Å². The van der Waals surface area contributed by atoms with Gasteiger partial charge < -0.3 is 0 Å². The summed E-state index contributed by atoms with van der Waals surface area (Å²) in [6.07, 6.45) is 0. The van der Waals surface area contributed by atoms with Crippen molar-refractivity contribution in [2.45, 2.75) is 20.8 Å². The second kappa shape index (κ2) is 8.84. The van der Waals surface area contributed by atoms with Gasteiger partial charge in [-0.15, -0.1) is 0 Å². The van der Waals surface area contributed by atoms with Crippen molar-refractivity contribution in [3.8, 4) is 0 Å². The maximum Gasteiger partial charge on any atom is 0.394 e. The van der Waals surface area contributed by atoms with E-state index < -0.39 is 43.5 Å². The minimum Gasteiger partial charge on any atom is -0.264 e. The smallest absolute Gasteiger partial charge is 0.264 e. The summed E-state index contributed by atoms with van der Waals surface area (Å²) in [6.45, 7) is 3.39. The molecule has 0 rings (SSSR count). The third kappa shape index (κ3) is 24.2. The predicted octanol–water partition coefficient (Wildman–Crippen LogP) is -0.614. The second-order valence-corrected chi connectivity index (χ2v) is 4.69. The van der Waals surface area contributed by atoms with Crippen molar-refractivity contribution in [2.75, 3.05) is 0 Å². The van der Waals surface area contributed by atoms with Crippen LogP contribution in [0.25, 0.3) is 0 Å². The Morgan fingerprint density at radius 1 is 0.833 bits per heavy atom. The molecule has 0 aliphatic heterocycles. The van der Waals surface area contributed by atoms with E-state index in [-0.39, 0.29) is 0 Å². The van der Waals surface area contributed by atoms with Gasteiger partial charge in [-0.05, 0) is 0 Å². The summed E-state index contributed by atoms with van der Waals surface area (Å²) in [5.74, 6) is -1.98. The van der Waals surface area contributed by atoms with Crippen LogP contribution >= 0.6 is 0 Å². The van der Waals surface area contributed by atoms with Gasteiger partial charge in [-0.1, -0.05) is 0 Å². The Morgan fingerprint density at radius 2 is 1.00 bits per heavy atom. The molecule has 0 atom stereocenters. The van der Waals surface area contributed by atoms with Gasteiger partial charge in [0.15, 0.2) is 0 Å². The summed E-state index contributed by atoms with van der Waals surface area (Å²) in [6, 6.07) is 0. The summed E-state index contributed by atoms with van der Waals surface area (Å²) < 4.78 is 45.0. The molecule has 0 unspecified atom stereocenters. The molecule has 0 amide bonds. The number of carbonyl (C=O) groups excluding carboxylic acids is 3. The molecule has 0 spiro atoms. The summed E-state index contributed by atoms with van der Waals surface area (Å²) in [7, 11) is -4.67. The van der Waals surface area contributed by atoms with Crippen LogP contribution in [0.3, 0.4) is 0 Å². The number of hydrogen-bond donors (Lipinski definition) is 2. The fourth-order valence-electron chi connectivity index (χ4n) is 0.338. The quantitative estimate of drug-likeness (QED) is 0.641. The van der Waals surface area contributed by atoms with Gasteiger partial charge in [-0.2, -0.15) is 8.42 Å². The van der Waals surface area contributed by atoms with Gasteiger partial charge in [0.05, 0.1) is 0 Å². The van der Waals surface area contributed by atoms with Crippen molar-refractivity contribution in [3.63, 3.8) is 0 Å². The third-order valence-electron chi connectivity index (χ3n) is 0.556. The fourth-order valence-corrected chi connectivity index (χ4v) is 1.40. The largest absolute Gasteiger partial charge is 0.394 e. The van der Waals surface area contributed by atoms with E-state index in [1.807, 2.05) is 0 Å². The van der Waals surface area contributed by atoms with Crippen LogP contribution in [-0.2, 0) is 51.3 Å². The first-order chi connectivity index (χ1) is 7.91. The van der Waals surface area contributed by atoms with Crippen molar-refractivity contribution in [1.29, 1.82) is 0 Å². The Balaban J connectivity index is 0. The standard InChI is InChI=1S/3C2H4O2.Cr.H2O4S/c3*1-2(3)4;;1-5(2,3)4/h3*1H3,(H,3,4);;(H2,1,2,3,4)/q;;;+3;/p-3. The monoisotopic (exact) mass is 327 g/mol. The van der Waals surface area contributed by atoms with Gasteiger partial charge in [0.25, 0.3) is 0 Å². The molecule has 0 heterocycles. The SMILES string of the molecule is CC(=O)[O][Cr]([O]C(C)=O)[O]C(C)=O.O=S(=O)(O)O. The summed E-state index contributed by atoms with van der Waals surface area (Å²) >= 11 is -2.82. The molecule has 0 aromatic carbocycles. The van der Waals surface area contributed by atoms with E-state index >= 15 is 0 Å². The van der Waals surface area contributed by atoms with Crippen LogP contribution < -0.4 is 0 Å².